The molecule has 2 aromatic rings. The van der Waals surface area contributed by atoms with Crippen LogP contribution in [0.2, 0.25) is 0 Å². The fourth-order valence-corrected chi connectivity index (χ4v) is 3.75. The Bertz CT molecular complexity index is 924. The molecule has 0 aliphatic heterocycles. The normalized spacial score (nSPS) is 12.0. The molecule has 0 spiro atoms. The van der Waals surface area contributed by atoms with Crippen LogP contribution in [0.5, 0.6) is 0 Å². The molecule has 0 heterocycles. The highest BCUT2D eigenvalue weighted by molar-refractivity contribution is 5.94. The van der Waals surface area contributed by atoms with Gasteiger partial charge in [0.1, 0.15) is 5.84 Å². The maximum Gasteiger partial charge on any atom is 0.122 e. The first-order valence-electron chi connectivity index (χ1n) is 12.6. The quantitative estimate of drug-likeness (QED) is 0.261. The number of hydrogen-bond donors (Lipinski definition) is 3. The van der Waals surface area contributed by atoms with Crippen molar-refractivity contribution >= 4 is 5.84 Å². The van der Waals surface area contributed by atoms with Crippen molar-refractivity contribution < 1.29 is 0 Å². The van der Waals surface area contributed by atoms with Gasteiger partial charge in [-0.15, -0.1) is 0 Å². The largest absolute Gasteiger partial charge is 0.384 e. The Balaban J connectivity index is 0.00000137. The monoisotopic (exact) mass is 460 g/mol. The number of hydrogen-bond acceptors (Lipinski definition) is 3. The summed E-state index contributed by atoms with van der Waals surface area (Å²) in [5.74, 6) is 0.0958. The van der Waals surface area contributed by atoms with Gasteiger partial charge in [-0.1, -0.05) is 101 Å². The maximum absolute atomic E-state index is 7.49. The van der Waals surface area contributed by atoms with Gasteiger partial charge in [-0.05, 0) is 36.5 Å². The molecule has 4 heteroatoms. The minimum atomic E-state index is 0.0958. The summed E-state index contributed by atoms with van der Waals surface area (Å²) in [5.41, 5.74) is 12.6. The minimum absolute atomic E-state index is 0.0958. The van der Waals surface area contributed by atoms with E-state index in [0.717, 1.165) is 49.2 Å². The first-order valence-corrected chi connectivity index (χ1v) is 12.6. The van der Waals surface area contributed by atoms with Gasteiger partial charge >= 0.3 is 0 Å². The third-order valence-electron chi connectivity index (χ3n) is 5.43. The molecule has 34 heavy (non-hydrogen) atoms. The highest BCUT2D eigenvalue weighted by Gasteiger charge is 2.16. The summed E-state index contributed by atoms with van der Waals surface area (Å²) in [4.78, 5) is 2.49. The van der Waals surface area contributed by atoms with E-state index in [1.54, 1.807) is 0 Å². The lowest BCUT2D eigenvalue weighted by Gasteiger charge is -2.30. The SMILES string of the molecule is C=C(CC1=C(N(CC)Cc2ccccc2)CCC=C1)NCc1ccc(C(=N)N)cc1.CC.CC. The molecule has 0 unspecified atom stereocenters. The minimum Gasteiger partial charge on any atom is -0.384 e. The summed E-state index contributed by atoms with van der Waals surface area (Å²) >= 11 is 0. The molecule has 2 aromatic carbocycles. The Hall–Kier alpha value is -3.27. The molecule has 0 amide bonds. The van der Waals surface area contributed by atoms with E-state index in [0.29, 0.717) is 6.54 Å². The fraction of sp³-hybridized carbons (Fsp3) is 0.367. The molecule has 1 aliphatic carbocycles. The summed E-state index contributed by atoms with van der Waals surface area (Å²) < 4.78 is 0. The zero-order valence-corrected chi connectivity index (χ0v) is 21.8. The van der Waals surface area contributed by atoms with Crippen LogP contribution in [-0.4, -0.2) is 17.3 Å². The molecule has 0 saturated carbocycles. The second kappa shape index (κ2) is 16.4. The lowest BCUT2D eigenvalue weighted by molar-refractivity contribution is 0.337. The molecule has 0 saturated heterocycles. The standard InChI is InChI=1S/C26H32N4.2C2H6/c1-3-30(19-22-9-5-4-6-10-22)25-12-8-7-11-24(25)17-20(2)29-18-21-13-15-23(16-14-21)26(27)28;2*1-2/h4-7,9-11,13-16,29H,2-3,8,12,17-19H2,1H3,(H3,27,28);2*1-2H3. The topological polar surface area (TPSA) is 65.1 Å². The van der Waals surface area contributed by atoms with Crippen molar-refractivity contribution in [2.24, 2.45) is 5.73 Å². The number of benzene rings is 2. The van der Waals surface area contributed by atoms with Gasteiger partial charge in [-0.2, -0.15) is 0 Å². The molecule has 0 atom stereocenters. The fourth-order valence-electron chi connectivity index (χ4n) is 3.75. The Morgan fingerprint density at radius 3 is 2.24 bits per heavy atom. The van der Waals surface area contributed by atoms with Crippen LogP contribution in [-0.2, 0) is 13.1 Å². The molecule has 4 nitrogen and oxygen atoms in total. The van der Waals surface area contributed by atoms with Crippen LogP contribution in [0.1, 0.15) is 70.6 Å². The molecule has 1 aliphatic rings. The number of amidine groups is 1. The Morgan fingerprint density at radius 1 is 1.00 bits per heavy atom. The summed E-state index contributed by atoms with van der Waals surface area (Å²) in [7, 11) is 0. The van der Waals surface area contributed by atoms with Crippen LogP contribution >= 0.6 is 0 Å². The van der Waals surface area contributed by atoms with Crippen molar-refractivity contribution in [2.45, 2.75) is 67.0 Å². The highest BCUT2D eigenvalue weighted by atomic mass is 15.1. The molecule has 0 fully saturated rings. The Morgan fingerprint density at radius 2 is 1.65 bits per heavy atom. The molecular weight excluding hydrogens is 416 g/mol. The van der Waals surface area contributed by atoms with Crippen molar-refractivity contribution in [1.29, 1.82) is 5.41 Å². The van der Waals surface area contributed by atoms with Gasteiger partial charge < -0.3 is 16.0 Å². The van der Waals surface area contributed by atoms with Crippen LogP contribution in [0.25, 0.3) is 0 Å². The molecule has 3 rings (SSSR count). The van der Waals surface area contributed by atoms with Crippen LogP contribution in [0, 0.1) is 5.41 Å². The average Bonchev–Trinajstić information content (AvgIpc) is 2.90. The van der Waals surface area contributed by atoms with Gasteiger partial charge in [0.15, 0.2) is 0 Å². The number of rotatable bonds is 10. The summed E-state index contributed by atoms with van der Waals surface area (Å²) in [5, 5.41) is 10.9. The zero-order chi connectivity index (χ0) is 25.3. The average molecular weight is 461 g/mol. The van der Waals surface area contributed by atoms with Gasteiger partial charge in [0.25, 0.3) is 0 Å². The predicted molar refractivity (Wildman–Crippen MR) is 149 cm³/mol. The van der Waals surface area contributed by atoms with Crippen LogP contribution < -0.4 is 11.1 Å². The molecule has 0 radical (unpaired) electrons. The van der Waals surface area contributed by atoms with E-state index in [1.807, 2.05) is 52.0 Å². The smallest absolute Gasteiger partial charge is 0.122 e. The molecular formula is C30H44N4. The van der Waals surface area contributed by atoms with Crippen molar-refractivity contribution in [2.75, 3.05) is 6.54 Å². The lowest BCUT2D eigenvalue weighted by atomic mass is 9.97. The second-order valence-electron chi connectivity index (χ2n) is 7.66. The number of nitrogen functional groups attached to an aromatic ring is 1. The van der Waals surface area contributed by atoms with Crippen molar-refractivity contribution in [3.05, 3.63) is 107 Å². The summed E-state index contributed by atoms with van der Waals surface area (Å²) in [6, 6.07) is 18.4. The number of nitrogens with one attached hydrogen (secondary N) is 2. The van der Waals surface area contributed by atoms with E-state index in [-0.39, 0.29) is 5.84 Å². The van der Waals surface area contributed by atoms with Crippen LogP contribution in [0.4, 0.5) is 0 Å². The van der Waals surface area contributed by atoms with E-state index in [9.17, 15) is 0 Å². The van der Waals surface area contributed by atoms with Crippen molar-refractivity contribution in [1.82, 2.24) is 10.2 Å². The van der Waals surface area contributed by atoms with Crippen LogP contribution in [0.15, 0.2) is 90.3 Å². The third-order valence-corrected chi connectivity index (χ3v) is 5.43. The first-order chi connectivity index (χ1) is 16.6. The van der Waals surface area contributed by atoms with Crippen LogP contribution in [0.3, 0.4) is 0 Å². The van der Waals surface area contributed by atoms with Gasteiger partial charge in [0.05, 0.1) is 0 Å². The van der Waals surface area contributed by atoms with E-state index >= 15 is 0 Å². The number of nitrogens with two attached hydrogens (primary N) is 1. The van der Waals surface area contributed by atoms with E-state index in [1.165, 1.54) is 16.8 Å². The summed E-state index contributed by atoms with van der Waals surface area (Å²) in [6.07, 6.45) is 7.52. The van der Waals surface area contributed by atoms with Gasteiger partial charge in [-0.3, -0.25) is 5.41 Å². The second-order valence-corrected chi connectivity index (χ2v) is 7.66. The molecule has 4 N–H and O–H groups in total. The van der Waals surface area contributed by atoms with E-state index in [4.69, 9.17) is 11.1 Å². The number of nitrogens with zero attached hydrogens (tertiary/aromatic N) is 1. The zero-order valence-electron chi connectivity index (χ0n) is 21.8. The van der Waals surface area contributed by atoms with Crippen molar-refractivity contribution in [3.8, 4) is 0 Å². The van der Waals surface area contributed by atoms with Crippen molar-refractivity contribution in [3.63, 3.8) is 0 Å². The first kappa shape index (κ1) is 28.8. The number of allylic oxidation sites excluding steroid dienone is 4. The molecule has 0 bridgehead atoms. The summed E-state index contributed by atoms with van der Waals surface area (Å²) in [6.45, 7) is 17.1. The predicted octanol–water partition coefficient (Wildman–Crippen LogP) is 7.14. The Labute approximate surface area is 207 Å². The van der Waals surface area contributed by atoms with Gasteiger partial charge in [-0.25, -0.2) is 0 Å². The molecule has 184 valence electrons. The third kappa shape index (κ3) is 9.30. The van der Waals surface area contributed by atoms with Gasteiger partial charge in [0.2, 0.25) is 0 Å². The maximum atomic E-state index is 7.49. The Kier molecular flexibility index (Phi) is 13.8. The highest BCUT2D eigenvalue weighted by Crippen LogP contribution is 2.27. The lowest BCUT2D eigenvalue weighted by Crippen LogP contribution is -2.25. The molecule has 0 aromatic heterocycles. The van der Waals surface area contributed by atoms with E-state index < -0.39 is 0 Å². The van der Waals surface area contributed by atoms with E-state index in [2.05, 4.69) is 66.2 Å². The van der Waals surface area contributed by atoms with Gasteiger partial charge in [0, 0.05) is 43.0 Å².